The van der Waals surface area contributed by atoms with Crippen LogP contribution in [0.4, 0.5) is 5.69 Å². The Morgan fingerprint density at radius 1 is 1.27 bits per heavy atom. The highest BCUT2D eigenvalue weighted by atomic mass is 79.9. The Kier molecular flexibility index (Phi) is 5.20. The lowest BCUT2D eigenvalue weighted by molar-refractivity contribution is 0.768. The molecule has 1 aromatic carbocycles. The third kappa shape index (κ3) is 3.93. The molecule has 0 atom stereocenters. The summed E-state index contributed by atoms with van der Waals surface area (Å²) in [5.41, 5.74) is 1.19. The van der Waals surface area contributed by atoms with Crippen molar-refractivity contribution >= 4 is 21.6 Å². The van der Waals surface area contributed by atoms with Crippen LogP contribution in [0.1, 0.15) is 19.8 Å². The predicted octanol–water partition coefficient (Wildman–Crippen LogP) is 3.58. The van der Waals surface area contributed by atoms with Crippen molar-refractivity contribution in [2.75, 3.05) is 18.0 Å². The maximum atomic E-state index is 8.59. The lowest BCUT2D eigenvalue weighted by Crippen LogP contribution is -2.24. The summed E-state index contributed by atoms with van der Waals surface area (Å²) in [4.78, 5) is 2.25. The third-order valence-corrected chi connectivity index (χ3v) is 2.71. The van der Waals surface area contributed by atoms with E-state index in [9.17, 15) is 0 Å². The van der Waals surface area contributed by atoms with Crippen LogP contribution in [0, 0.1) is 11.3 Å². The van der Waals surface area contributed by atoms with Gasteiger partial charge in [0.15, 0.2) is 0 Å². The number of nitrogens with zero attached hydrogens (tertiary/aromatic N) is 2. The summed E-state index contributed by atoms with van der Waals surface area (Å²) in [6, 6.07) is 10.4. The van der Waals surface area contributed by atoms with Crippen LogP contribution >= 0.6 is 15.9 Å². The second-order valence-electron chi connectivity index (χ2n) is 3.37. The summed E-state index contributed by atoms with van der Waals surface area (Å²) in [7, 11) is 0. The molecule has 80 valence electrons. The molecule has 0 aliphatic carbocycles. The summed E-state index contributed by atoms with van der Waals surface area (Å²) in [5.74, 6) is 0. The topological polar surface area (TPSA) is 27.0 Å². The summed E-state index contributed by atoms with van der Waals surface area (Å²) < 4.78 is 1.09. The molecule has 0 spiro atoms. The van der Waals surface area contributed by atoms with Gasteiger partial charge in [0.1, 0.15) is 0 Å². The van der Waals surface area contributed by atoms with Crippen LogP contribution < -0.4 is 4.90 Å². The molecule has 0 bridgehead atoms. The molecule has 1 rings (SSSR count). The quantitative estimate of drug-likeness (QED) is 0.815. The highest BCUT2D eigenvalue weighted by molar-refractivity contribution is 9.10. The Hall–Kier alpha value is -1.01. The number of halogens is 1. The zero-order valence-electron chi connectivity index (χ0n) is 8.91. The van der Waals surface area contributed by atoms with E-state index in [1.54, 1.807) is 0 Å². The van der Waals surface area contributed by atoms with Gasteiger partial charge in [-0.3, -0.25) is 0 Å². The molecule has 0 aromatic heterocycles. The molecule has 0 radical (unpaired) electrons. The van der Waals surface area contributed by atoms with Gasteiger partial charge >= 0.3 is 0 Å². The summed E-state index contributed by atoms with van der Waals surface area (Å²) in [6.07, 6.45) is 1.68. The minimum absolute atomic E-state index is 0.579. The van der Waals surface area contributed by atoms with Crippen LogP contribution in [0.2, 0.25) is 0 Å². The Bertz CT molecular complexity index is 326. The highest BCUT2D eigenvalue weighted by Gasteiger charge is 2.04. The molecule has 0 aliphatic heterocycles. The van der Waals surface area contributed by atoms with Crippen molar-refractivity contribution in [3.8, 4) is 6.07 Å². The Labute approximate surface area is 99.6 Å². The number of rotatable bonds is 5. The molecule has 0 heterocycles. The van der Waals surface area contributed by atoms with Crippen molar-refractivity contribution in [2.24, 2.45) is 0 Å². The molecule has 15 heavy (non-hydrogen) atoms. The van der Waals surface area contributed by atoms with Crippen molar-refractivity contribution in [2.45, 2.75) is 19.8 Å². The van der Waals surface area contributed by atoms with Crippen LogP contribution in [0.15, 0.2) is 28.7 Å². The predicted molar refractivity (Wildman–Crippen MR) is 66.9 cm³/mol. The van der Waals surface area contributed by atoms with Crippen LogP contribution in [0.25, 0.3) is 0 Å². The second kappa shape index (κ2) is 6.47. The van der Waals surface area contributed by atoms with Gasteiger partial charge in [0.2, 0.25) is 0 Å². The lowest BCUT2D eigenvalue weighted by Gasteiger charge is -2.23. The first-order valence-corrected chi connectivity index (χ1v) is 5.94. The van der Waals surface area contributed by atoms with Gasteiger partial charge in [-0.1, -0.05) is 22.9 Å². The molecular formula is C12H15BrN2. The first-order valence-electron chi connectivity index (χ1n) is 5.15. The SMILES string of the molecule is CCCN(CCC#N)c1ccc(Br)cc1. The van der Waals surface area contributed by atoms with Gasteiger partial charge in [0, 0.05) is 23.2 Å². The minimum atomic E-state index is 0.579. The molecule has 1 aromatic rings. The van der Waals surface area contributed by atoms with Crippen LogP contribution in [-0.4, -0.2) is 13.1 Å². The second-order valence-corrected chi connectivity index (χ2v) is 4.29. The molecule has 0 saturated carbocycles. The summed E-state index contributed by atoms with van der Waals surface area (Å²) in [6.45, 7) is 3.97. The van der Waals surface area contributed by atoms with Crippen molar-refractivity contribution in [1.29, 1.82) is 5.26 Å². The number of hydrogen-bond donors (Lipinski definition) is 0. The number of anilines is 1. The van der Waals surface area contributed by atoms with Crippen LogP contribution in [0.3, 0.4) is 0 Å². The molecule has 0 N–H and O–H groups in total. The number of hydrogen-bond acceptors (Lipinski definition) is 2. The molecule has 3 heteroatoms. The van der Waals surface area contributed by atoms with Crippen molar-refractivity contribution in [3.63, 3.8) is 0 Å². The summed E-state index contributed by atoms with van der Waals surface area (Å²) >= 11 is 3.42. The molecule has 0 fully saturated rings. The highest BCUT2D eigenvalue weighted by Crippen LogP contribution is 2.18. The van der Waals surface area contributed by atoms with Crippen LogP contribution in [-0.2, 0) is 0 Å². The van der Waals surface area contributed by atoms with E-state index in [0.717, 1.165) is 24.0 Å². The fraction of sp³-hybridized carbons (Fsp3) is 0.417. The van der Waals surface area contributed by atoms with Gasteiger partial charge in [0.25, 0.3) is 0 Å². The van der Waals surface area contributed by atoms with Gasteiger partial charge in [-0.05, 0) is 30.7 Å². The van der Waals surface area contributed by atoms with E-state index in [1.807, 2.05) is 12.1 Å². The third-order valence-electron chi connectivity index (χ3n) is 2.18. The van der Waals surface area contributed by atoms with Crippen molar-refractivity contribution in [3.05, 3.63) is 28.7 Å². The van der Waals surface area contributed by atoms with E-state index in [1.165, 1.54) is 5.69 Å². The Balaban J connectivity index is 2.70. The smallest absolute Gasteiger partial charge is 0.0640 e. The average Bonchev–Trinajstić information content (AvgIpc) is 2.25. The zero-order valence-corrected chi connectivity index (χ0v) is 10.5. The van der Waals surface area contributed by atoms with Crippen molar-refractivity contribution in [1.82, 2.24) is 0 Å². The first kappa shape index (κ1) is 12.1. The average molecular weight is 267 g/mol. The molecule has 0 amide bonds. The van der Waals surface area contributed by atoms with E-state index < -0.39 is 0 Å². The Morgan fingerprint density at radius 2 is 1.93 bits per heavy atom. The molecule has 0 saturated heterocycles. The normalized spacial score (nSPS) is 9.67. The largest absolute Gasteiger partial charge is 0.371 e. The fourth-order valence-corrected chi connectivity index (χ4v) is 1.74. The minimum Gasteiger partial charge on any atom is -0.371 e. The van der Waals surface area contributed by atoms with Gasteiger partial charge in [0.05, 0.1) is 12.5 Å². The van der Waals surface area contributed by atoms with Gasteiger partial charge in [-0.15, -0.1) is 0 Å². The van der Waals surface area contributed by atoms with E-state index in [2.05, 4.69) is 46.0 Å². The fourth-order valence-electron chi connectivity index (χ4n) is 1.48. The zero-order chi connectivity index (χ0) is 11.1. The molecular weight excluding hydrogens is 252 g/mol. The number of benzene rings is 1. The lowest BCUT2D eigenvalue weighted by atomic mass is 10.2. The van der Waals surface area contributed by atoms with E-state index in [4.69, 9.17) is 5.26 Å². The number of nitriles is 1. The standard InChI is InChI=1S/C12H15BrN2/c1-2-9-15(10-3-8-14)12-6-4-11(13)5-7-12/h4-7H,2-3,9-10H2,1H3. The van der Waals surface area contributed by atoms with Crippen molar-refractivity contribution < 1.29 is 0 Å². The first-order chi connectivity index (χ1) is 7.27. The maximum Gasteiger partial charge on any atom is 0.0640 e. The summed E-state index contributed by atoms with van der Waals surface area (Å²) in [5, 5.41) is 8.59. The van der Waals surface area contributed by atoms with E-state index in [-0.39, 0.29) is 0 Å². The maximum absolute atomic E-state index is 8.59. The van der Waals surface area contributed by atoms with Crippen LogP contribution in [0.5, 0.6) is 0 Å². The van der Waals surface area contributed by atoms with Gasteiger partial charge in [-0.2, -0.15) is 5.26 Å². The van der Waals surface area contributed by atoms with E-state index in [0.29, 0.717) is 6.42 Å². The monoisotopic (exact) mass is 266 g/mol. The molecule has 0 aliphatic rings. The van der Waals surface area contributed by atoms with E-state index >= 15 is 0 Å². The van der Waals surface area contributed by atoms with Gasteiger partial charge in [-0.25, -0.2) is 0 Å². The molecule has 2 nitrogen and oxygen atoms in total. The molecule has 0 unspecified atom stereocenters. The Morgan fingerprint density at radius 3 is 2.47 bits per heavy atom. The van der Waals surface area contributed by atoms with Gasteiger partial charge < -0.3 is 4.90 Å².